The van der Waals surface area contributed by atoms with E-state index < -0.39 is 11.7 Å². The molecule has 0 radical (unpaired) electrons. The number of benzene rings is 3. The maximum Gasteiger partial charge on any atom is 0.416 e. The van der Waals surface area contributed by atoms with E-state index in [0.717, 1.165) is 34.5 Å². The van der Waals surface area contributed by atoms with Gasteiger partial charge in [-0.3, -0.25) is 4.79 Å². The van der Waals surface area contributed by atoms with Crippen molar-refractivity contribution in [3.63, 3.8) is 0 Å². The van der Waals surface area contributed by atoms with Gasteiger partial charge in [0.2, 0.25) is 0 Å². The number of ketones is 1. The van der Waals surface area contributed by atoms with Crippen LogP contribution in [0.2, 0.25) is 0 Å². The molecule has 0 aliphatic heterocycles. The number of hydrogen-bond donors (Lipinski definition) is 1. The standard InChI is InChI=1S/C24H18F3NO/c1-14-7-12-20(15(2)13-14)28-22-18-5-3-4-6-19(18)23(29)21(22)16-8-10-17(11-9-16)24(25,26)27/h3-13,28H,1-2H3. The van der Waals surface area contributed by atoms with Crippen LogP contribution < -0.4 is 5.32 Å². The van der Waals surface area contributed by atoms with Crippen LogP contribution in [-0.2, 0) is 6.18 Å². The zero-order valence-corrected chi connectivity index (χ0v) is 15.9. The lowest BCUT2D eigenvalue weighted by molar-refractivity contribution is -0.137. The SMILES string of the molecule is Cc1ccc(NC2=C(c3ccc(C(F)(F)F)cc3)C(=O)c3ccccc32)c(C)c1. The van der Waals surface area contributed by atoms with Gasteiger partial charge in [0, 0.05) is 16.8 Å². The third kappa shape index (κ3) is 3.44. The Morgan fingerprint density at radius 2 is 1.48 bits per heavy atom. The number of halogens is 3. The molecule has 1 aliphatic carbocycles. The first-order valence-electron chi connectivity index (χ1n) is 9.16. The molecule has 1 aliphatic rings. The van der Waals surface area contributed by atoms with Gasteiger partial charge in [0.15, 0.2) is 5.78 Å². The van der Waals surface area contributed by atoms with Crippen molar-refractivity contribution in [2.75, 3.05) is 5.32 Å². The minimum absolute atomic E-state index is 0.201. The van der Waals surface area contributed by atoms with E-state index in [2.05, 4.69) is 5.32 Å². The molecule has 1 N–H and O–H groups in total. The fraction of sp³-hybridized carbons (Fsp3) is 0.125. The quantitative estimate of drug-likeness (QED) is 0.550. The molecule has 146 valence electrons. The molecule has 0 amide bonds. The molecule has 0 unspecified atom stereocenters. The number of carbonyl (C=O) groups excluding carboxylic acids is 1. The highest BCUT2D eigenvalue weighted by Crippen LogP contribution is 2.40. The number of fused-ring (bicyclic) bond motifs is 1. The van der Waals surface area contributed by atoms with Crippen LogP contribution in [-0.4, -0.2) is 5.78 Å². The lowest BCUT2D eigenvalue weighted by Crippen LogP contribution is -2.06. The van der Waals surface area contributed by atoms with Crippen molar-refractivity contribution < 1.29 is 18.0 Å². The van der Waals surface area contributed by atoms with Gasteiger partial charge in [0.05, 0.1) is 16.8 Å². The van der Waals surface area contributed by atoms with E-state index in [-0.39, 0.29) is 5.78 Å². The molecule has 29 heavy (non-hydrogen) atoms. The summed E-state index contributed by atoms with van der Waals surface area (Å²) in [5.74, 6) is -0.201. The second-order valence-corrected chi connectivity index (χ2v) is 7.14. The Bertz CT molecular complexity index is 1140. The van der Waals surface area contributed by atoms with Gasteiger partial charge in [0.25, 0.3) is 0 Å². The second-order valence-electron chi connectivity index (χ2n) is 7.14. The number of nitrogens with one attached hydrogen (secondary N) is 1. The van der Waals surface area contributed by atoms with Gasteiger partial charge in [-0.05, 0) is 43.2 Å². The number of Topliss-reactive ketones (excluding diaryl/α,β-unsaturated/α-hetero) is 1. The molecule has 3 aromatic carbocycles. The third-order valence-corrected chi connectivity index (χ3v) is 5.06. The predicted octanol–water partition coefficient (Wildman–Crippen LogP) is 6.50. The number of aryl methyl sites for hydroxylation is 2. The number of allylic oxidation sites excluding steroid dienone is 1. The van der Waals surface area contributed by atoms with Crippen LogP contribution in [0.15, 0.2) is 66.7 Å². The number of rotatable bonds is 3. The molecule has 5 heteroatoms. The van der Waals surface area contributed by atoms with Gasteiger partial charge in [0.1, 0.15) is 0 Å². The average molecular weight is 393 g/mol. The summed E-state index contributed by atoms with van der Waals surface area (Å²) in [6.45, 7) is 3.97. The zero-order chi connectivity index (χ0) is 20.8. The van der Waals surface area contributed by atoms with Crippen molar-refractivity contribution >= 4 is 22.7 Å². The summed E-state index contributed by atoms with van der Waals surface area (Å²) >= 11 is 0. The van der Waals surface area contributed by atoms with Crippen molar-refractivity contribution in [3.05, 3.63) is 100 Å². The van der Waals surface area contributed by atoms with Crippen molar-refractivity contribution in [2.45, 2.75) is 20.0 Å². The largest absolute Gasteiger partial charge is 0.416 e. The minimum atomic E-state index is -4.42. The summed E-state index contributed by atoms with van der Waals surface area (Å²) in [4.78, 5) is 13.1. The molecule has 0 saturated carbocycles. The van der Waals surface area contributed by atoms with E-state index in [4.69, 9.17) is 0 Å². The Labute approximate surface area is 166 Å². The topological polar surface area (TPSA) is 29.1 Å². The Kier molecular flexibility index (Phi) is 4.53. The third-order valence-electron chi connectivity index (χ3n) is 5.06. The molecule has 0 heterocycles. The Morgan fingerprint density at radius 3 is 2.10 bits per heavy atom. The maximum absolute atomic E-state index is 13.1. The van der Waals surface area contributed by atoms with Crippen LogP contribution in [0, 0.1) is 13.8 Å². The number of carbonyl (C=O) groups is 1. The highest BCUT2D eigenvalue weighted by atomic mass is 19.4. The Hall–Kier alpha value is -3.34. The molecule has 4 rings (SSSR count). The lowest BCUT2D eigenvalue weighted by atomic mass is 10.00. The highest BCUT2D eigenvalue weighted by Gasteiger charge is 2.33. The van der Waals surface area contributed by atoms with E-state index in [1.54, 1.807) is 12.1 Å². The second kappa shape index (κ2) is 6.92. The van der Waals surface area contributed by atoms with Gasteiger partial charge < -0.3 is 5.32 Å². The molecule has 0 fully saturated rings. The molecule has 0 spiro atoms. The molecule has 0 atom stereocenters. The first-order chi connectivity index (χ1) is 13.8. The van der Waals surface area contributed by atoms with E-state index in [1.165, 1.54) is 12.1 Å². The summed E-state index contributed by atoms with van der Waals surface area (Å²) in [6.07, 6.45) is -4.42. The molecular weight excluding hydrogens is 375 g/mol. The van der Waals surface area contributed by atoms with Crippen LogP contribution in [0.5, 0.6) is 0 Å². The maximum atomic E-state index is 13.1. The monoisotopic (exact) mass is 393 g/mol. The van der Waals surface area contributed by atoms with Crippen LogP contribution >= 0.6 is 0 Å². The van der Waals surface area contributed by atoms with Gasteiger partial charge in [-0.25, -0.2) is 0 Å². The van der Waals surface area contributed by atoms with Gasteiger partial charge in [-0.15, -0.1) is 0 Å². The smallest absolute Gasteiger partial charge is 0.354 e. The van der Waals surface area contributed by atoms with E-state index in [1.807, 2.05) is 44.2 Å². The van der Waals surface area contributed by atoms with Crippen LogP contribution in [0.25, 0.3) is 11.3 Å². The van der Waals surface area contributed by atoms with Crippen LogP contribution in [0.4, 0.5) is 18.9 Å². The molecule has 3 aromatic rings. The fourth-order valence-corrected chi connectivity index (χ4v) is 3.60. The van der Waals surface area contributed by atoms with E-state index >= 15 is 0 Å². The molecule has 0 aromatic heterocycles. The van der Waals surface area contributed by atoms with Crippen molar-refractivity contribution in [1.82, 2.24) is 0 Å². The molecule has 2 nitrogen and oxygen atoms in total. The normalized spacial score (nSPS) is 13.6. The zero-order valence-electron chi connectivity index (χ0n) is 15.9. The fourth-order valence-electron chi connectivity index (χ4n) is 3.60. The number of hydrogen-bond acceptors (Lipinski definition) is 2. The summed E-state index contributed by atoms with van der Waals surface area (Å²) in [6, 6.07) is 17.9. The van der Waals surface area contributed by atoms with Crippen LogP contribution in [0.3, 0.4) is 0 Å². The Balaban J connectivity index is 1.85. The first kappa shape index (κ1) is 19.0. The highest BCUT2D eigenvalue weighted by molar-refractivity contribution is 6.40. The summed E-state index contributed by atoms with van der Waals surface area (Å²) in [7, 11) is 0. The minimum Gasteiger partial charge on any atom is -0.354 e. The van der Waals surface area contributed by atoms with Gasteiger partial charge >= 0.3 is 6.18 Å². The van der Waals surface area contributed by atoms with Crippen LogP contribution in [0.1, 0.15) is 38.2 Å². The summed E-state index contributed by atoms with van der Waals surface area (Å²) in [5.41, 5.74) is 4.95. The molecule has 0 saturated heterocycles. The average Bonchev–Trinajstić information content (AvgIpc) is 2.96. The van der Waals surface area contributed by atoms with E-state index in [0.29, 0.717) is 22.4 Å². The summed E-state index contributed by atoms with van der Waals surface area (Å²) in [5, 5.41) is 3.35. The van der Waals surface area contributed by atoms with Gasteiger partial charge in [-0.2, -0.15) is 13.2 Å². The predicted molar refractivity (Wildman–Crippen MR) is 109 cm³/mol. The molecular formula is C24H18F3NO. The number of anilines is 1. The van der Waals surface area contributed by atoms with Gasteiger partial charge in [-0.1, -0.05) is 54.1 Å². The van der Waals surface area contributed by atoms with Crippen molar-refractivity contribution in [3.8, 4) is 0 Å². The molecule has 0 bridgehead atoms. The Morgan fingerprint density at radius 1 is 0.828 bits per heavy atom. The first-order valence-corrected chi connectivity index (χ1v) is 9.16. The number of alkyl halides is 3. The van der Waals surface area contributed by atoms with Crippen molar-refractivity contribution in [2.24, 2.45) is 0 Å². The lowest BCUT2D eigenvalue weighted by Gasteiger charge is -2.15. The summed E-state index contributed by atoms with van der Waals surface area (Å²) < 4.78 is 38.8. The van der Waals surface area contributed by atoms with E-state index in [9.17, 15) is 18.0 Å². The van der Waals surface area contributed by atoms with Crippen molar-refractivity contribution in [1.29, 1.82) is 0 Å².